The molecule has 1 aromatic carbocycles. The van der Waals surface area contributed by atoms with Crippen LogP contribution in [0.2, 0.25) is 5.02 Å². The summed E-state index contributed by atoms with van der Waals surface area (Å²) >= 11 is 6.42. The van der Waals surface area contributed by atoms with Crippen molar-refractivity contribution in [3.63, 3.8) is 0 Å². The summed E-state index contributed by atoms with van der Waals surface area (Å²) in [4.78, 5) is 25.5. The number of aryl methyl sites for hydroxylation is 1. The Hall–Kier alpha value is -1.85. The molecule has 1 saturated carbocycles. The van der Waals surface area contributed by atoms with E-state index >= 15 is 0 Å². The molecule has 1 aliphatic carbocycles. The van der Waals surface area contributed by atoms with Crippen LogP contribution in [0, 0.1) is 12.8 Å². The standard InChI is InChI=1S/C22H28ClNO4/c1-5-27-15-8-10-22(11-9-15)19(28-21(26)13(2)3)18(20(25)24-22)16-12-14(4)6-7-17(16)23/h6-7,12-13,15H,5,8-11H2,1-4H3,(H,24,25). The highest BCUT2D eigenvalue weighted by Gasteiger charge is 2.50. The SMILES string of the molecule is CCOC1CCC2(CC1)NC(=O)C(c1cc(C)ccc1Cl)=C2OC(=O)C(C)C. The number of hydrogen-bond acceptors (Lipinski definition) is 4. The topological polar surface area (TPSA) is 64.6 Å². The second-order valence-corrected chi connectivity index (χ2v) is 8.36. The molecular formula is C22H28ClNO4. The van der Waals surface area contributed by atoms with Crippen molar-refractivity contribution in [2.75, 3.05) is 6.61 Å². The Bertz CT molecular complexity index is 807. The van der Waals surface area contributed by atoms with Gasteiger partial charge in [0.2, 0.25) is 0 Å². The van der Waals surface area contributed by atoms with Crippen LogP contribution in [0.1, 0.15) is 57.6 Å². The van der Waals surface area contributed by atoms with Crippen molar-refractivity contribution in [1.82, 2.24) is 5.32 Å². The van der Waals surface area contributed by atoms with Crippen LogP contribution in [-0.2, 0) is 19.1 Å². The molecule has 28 heavy (non-hydrogen) atoms. The van der Waals surface area contributed by atoms with Crippen molar-refractivity contribution in [2.45, 2.75) is 65.0 Å². The third-order valence-electron chi connectivity index (χ3n) is 5.50. The molecule has 3 rings (SSSR count). The maximum Gasteiger partial charge on any atom is 0.313 e. The highest BCUT2D eigenvalue weighted by atomic mass is 35.5. The Morgan fingerprint density at radius 1 is 1.32 bits per heavy atom. The number of halogens is 1. The van der Waals surface area contributed by atoms with Gasteiger partial charge in [0.05, 0.1) is 23.1 Å². The largest absolute Gasteiger partial charge is 0.427 e. The number of ether oxygens (including phenoxy) is 2. The minimum Gasteiger partial charge on any atom is -0.427 e. The van der Waals surface area contributed by atoms with Gasteiger partial charge in [0, 0.05) is 17.2 Å². The lowest BCUT2D eigenvalue weighted by atomic mass is 9.79. The van der Waals surface area contributed by atoms with Crippen LogP contribution in [0.3, 0.4) is 0 Å². The second-order valence-electron chi connectivity index (χ2n) is 7.95. The Kier molecular flexibility index (Phi) is 6.15. The van der Waals surface area contributed by atoms with E-state index < -0.39 is 5.54 Å². The molecule has 6 heteroatoms. The summed E-state index contributed by atoms with van der Waals surface area (Å²) in [6.45, 7) is 8.15. The fourth-order valence-corrected chi connectivity index (χ4v) is 4.17. The molecule has 0 unspecified atom stereocenters. The lowest BCUT2D eigenvalue weighted by molar-refractivity contribution is -0.144. The molecular weight excluding hydrogens is 378 g/mol. The molecule has 1 spiro atoms. The summed E-state index contributed by atoms with van der Waals surface area (Å²) in [7, 11) is 0. The molecule has 0 atom stereocenters. The predicted molar refractivity (Wildman–Crippen MR) is 109 cm³/mol. The van der Waals surface area contributed by atoms with Gasteiger partial charge in [-0.05, 0) is 51.7 Å². The number of esters is 1. The first-order valence-corrected chi connectivity index (χ1v) is 10.3. The van der Waals surface area contributed by atoms with Crippen LogP contribution >= 0.6 is 11.6 Å². The zero-order valence-electron chi connectivity index (χ0n) is 16.9. The van der Waals surface area contributed by atoms with E-state index in [1.165, 1.54) is 0 Å². The van der Waals surface area contributed by atoms with Crippen LogP contribution in [0.5, 0.6) is 0 Å². The maximum absolute atomic E-state index is 13.0. The number of benzene rings is 1. The van der Waals surface area contributed by atoms with Gasteiger partial charge in [0.15, 0.2) is 0 Å². The van der Waals surface area contributed by atoms with Crippen LogP contribution in [0.15, 0.2) is 24.0 Å². The lowest BCUT2D eigenvalue weighted by Crippen LogP contribution is -2.49. The Morgan fingerprint density at radius 3 is 2.61 bits per heavy atom. The Balaban J connectivity index is 2.06. The van der Waals surface area contributed by atoms with Crippen molar-refractivity contribution in [2.24, 2.45) is 5.92 Å². The zero-order valence-corrected chi connectivity index (χ0v) is 17.7. The van der Waals surface area contributed by atoms with Crippen molar-refractivity contribution in [3.05, 3.63) is 40.1 Å². The molecule has 1 aromatic rings. The monoisotopic (exact) mass is 405 g/mol. The first-order valence-electron chi connectivity index (χ1n) is 9.94. The third-order valence-corrected chi connectivity index (χ3v) is 5.82. The van der Waals surface area contributed by atoms with Gasteiger partial charge < -0.3 is 14.8 Å². The average Bonchev–Trinajstić information content (AvgIpc) is 2.90. The average molecular weight is 406 g/mol. The van der Waals surface area contributed by atoms with Gasteiger partial charge in [0.25, 0.3) is 5.91 Å². The van der Waals surface area contributed by atoms with E-state index in [9.17, 15) is 9.59 Å². The van der Waals surface area contributed by atoms with E-state index in [1.54, 1.807) is 19.9 Å². The molecule has 1 amide bonds. The number of hydrogen-bond donors (Lipinski definition) is 1. The van der Waals surface area contributed by atoms with Gasteiger partial charge in [-0.15, -0.1) is 0 Å². The molecule has 152 valence electrons. The summed E-state index contributed by atoms with van der Waals surface area (Å²) in [5.74, 6) is -0.471. The fourth-order valence-electron chi connectivity index (χ4n) is 3.96. The lowest BCUT2D eigenvalue weighted by Gasteiger charge is -2.38. The van der Waals surface area contributed by atoms with Gasteiger partial charge >= 0.3 is 5.97 Å². The molecule has 1 N–H and O–H groups in total. The molecule has 0 radical (unpaired) electrons. The number of carbonyl (C=O) groups excluding carboxylic acids is 2. The summed E-state index contributed by atoms with van der Waals surface area (Å²) in [6, 6.07) is 5.53. The van der Waals surface area contributed by atoms with Crippen molar-refractivity contribution < 1.29 is 19.1 Å². The predicted octanol–water partition coefficient (Wildman–Crippen LogP) is 4.41. The van der Waals surface area contributed by atoms with Crippen LogP contribution in [0.25, 0.3) is 5.57 Å². The van der Waals surface area contributed by atoms with Gasteiger partial charge in [-0.25, -0.2) is 0 Å². The van der Waals surface area contributed by atoms with Crippen LogP contribution in [0.4, 0.5) is 0 Å². The Morgan fingerprint density at radius 2 is 2.00 bits per heavy atom. The minimum atomic E-state index is -0.683. The molecule has 1 aliphatic heterocycles. The van der Waals surface area contributed by atoms with E-state index in [-0.39, 0.29) is 23.9 Å². The highest BCUT2D eigenvalue weighted by molar-refractivity contribution is 6.35. The van der Waals surface area contributed by atoms with E-state index in [0.29, 0.717) is 41.4 Å². The van der Waals surface area contributed by atoms with Crippen LogP contribution < -0.4 is 5.32 Å². The van der Waals surface area contributed by atoms with E-state index in [4.69, 9.17) is 21.1 Å². The van der Waals surface area contributed by atoms with E-state index in [0.717, 1.165) is 18.4 Å². The minimum absolute atomic E-state index is 0.168. The van der Waals surface area contributed by atoms with Gasteiger partial charge in [0.1, 0.15) is 5.76 Å². The highest BCUT2D eigenvalue weighted by Crippen LogP contribution is 2.45. The van der Waals surface area contributed by atoms with Gasteiger partial charge in [-0.3, -0.25) is 9.59 Å². The third kappa shape index (κ3) is 3.96. The molecule has 0 saturated heterocycles. The number of carbonyl (C=O) groups is 2. The number of nitrogens with one attached hydrogen (secondary N) is 1. The first-order chi connectivity index (χ1) is 13.3. The summed E-state index contributed by atoms with van der Waals surface area (Å²) in [6.07, 6.45) is 3.09. The van der Waals surface area contributed by atoms with E-state index in [1.807, 2.05) is 26.0 Å². The Labute approximate surface area is 171 Å². The first kappa shape index (κ1) is 20.9. The van der Waals surface area contributed by atoms with Gasteiger partial charge in [-0.2, -0.15) is 0 Å². The second kappa shape index (κ2) is 8.26. The molecule has 0 aromatic heterocycles. The molecule has 0 bridgehead atoms. The molecule has 5 nitrogen and oxygen atoms in total. The normalized spacial score (nSPS) is 24.8. The van der Waals surface area contributed by atoms with Crippen molar-refractivity contribution in [1.29, 1.82) is 0 Å². The zero-order chi connectivity index (χ0) is 20.5. The number of amides is 1. The fraction of sp³-hybridized carbons (Fsp3) is 0.545. The van der Waals surface area contributed by atoms with E-state index in [2.05, 4.69) is 5.32 Å². The maximum atomic E-state index is 13.0. The van der Waals surface area contributed by atoms with Crippen molar-refractivity contribution in [3.8, 4) is 0 Å². The smallest absolute Gasteiger partial charge is 0.313 e. The van der Waals surface area contributed by atoms with Gasteiger partial charge in [-0.1, -0.05) is 37.1 Å². The molecule has 1 heterocycles. The molecule has 2 aliphatic rings. The van der Waals surface area contributed by atoms with Crippen molar-refractivity contribution >= 4 is 29.1 Å². The molecule has 1 fully saturated rings. The van der Waals surface area contributed by atoms with Crippen LogP contribution in [-0.4, -0.2) is 30.1 Å². The summed E-state index contributed by atoms with van der Waals surface area (Å²) in [5.41, 5.74) is 1.28. The quantitative estimate of drug-likeness (QED) is 0.737. The summed E-state index contributed by atoms with van der Waals surface area (Å²) < 4.78 is 11.6. The summed E-state index contributed by atoms with van der Waals surface area (Å²) in [5, 5.41) is 3.58. The number of rotatable bonds is 5.